The van der Waals surface area contributed by atoms with Crippen LogP contribution >= 0.6 is 0 Å². The molecule has 2 rings (SSSR count). The predicted octanol–water partition coefficient (Wildman–Crippen LogP) is 1.77. The van der Waals surface area contributed by atoms with Crippen LogP contribution in [0, 0.1) is 11.8 Å². The Kier molecular flexibility index (Phi) is 1.11. The van der Waals surface area contributed by atoms with Crippen LogP contribution in [0.2, 0.25) is 0 Å². The van der Waals surface area contributed by atoms with Crippen LogP contribution in [0.25, 0.3) is 0 Å². The molecule has 0 aromatic rings. The van der Waals surface area contributed by atoms with Crippen molar-refractivity contribution in [1.82, 2.24) is 0 Å². The summed E-state index contributed by atoms with van der Waals surface area (Å²) in [7, 11) is 0. The zero-order chi connectivity index (χ0) is 6.27. The second-order valence-electron chi connectivity index (χ2n) is 3.49. The first-order chi connectivity index (χ1) is 4.34. The maximum Gasteiger partial charge on any atom is 0.133 e. The van der Waals surface area contributed by atoms with Crippen molar-refractivity contribution in [3.63, 3.8) is 0 Å². The molecule has 9 heavy (non-hydrogen) atoms. The third-order valence-electron chi connectivity index (χ3n) is 2.68. The van der Waals surface area contributed by atoms with Gasteiger partial charge in [-0.3, -0.25) is 4.79 Å². The molecule has 2 atom stereocenters. The molecule has 2 aliphatic carbocycles. The number of hydrogen-bond donors (Lipinski definition) is 0. The van der Waals surface area contributed by atoms with Crippen molar-refractivity contribution in [3.8, 4) is 0 Å². The molecular formula is C8H12O. The molecule has 50 valence electrons. The van der Waals surface area contributed by atoms with Crippen LogP contribution in [0.15, 0.2) is 0 Å². The molecule has 1 heteroatoms. The Balaban J connectivity index is 2.11. The minimum absolute atomic E-state index is 0.522. The predicted molar refractivity (Wildman–Crippen MR) is 35.1 cm³/mol. The minimum atomic E-state index is 0.522. The van der Waals surface area contributed by atoms with Crippen LogP contribution in [-0.2, 0) is 4.79 Å². The van der Waals surface area contributed by atoms with Crippen molar-refractivity contribution in [3.05, 3.63) is 0 Å². The molecule has 2 saturated carbocycles. The van der Waals surface area contributed by atoms with Gasteiger partial charge < -0.3 is 0 Å². The van der Waals surface area contributed by atoms with Gasteiger partial charge in [0, 0.05) is 12.8 Å². The third kappa shape index (κ3) is 0.887. The quantitative estimate of drug-likeness (QED) is 0.481. The average Bonchev–Trinajstić information content (AvgIpc) is 2.11. The summed E-state index contributed by atoms with van der Waals surface area (Å²) >= 11 is 0. The van der Waals surface area contributed by atoms with Crippen LogP contribution in [0.3, 0.4) is 0 Å². The Bertz CT molecular complexity index is 126. The van der Waals surface area contributed by atoms with Gasteiger partial charge in [0.05, 0.1) is 0 Å². The summed E-state index contributed by atoms with van der Waals surface area (Å²) in [6.07, 6.45) is 5.81. The molecule has 2 aliphatic rings. The topological polar surface area (TPSA) is 17.1 Å². The minimum Gasteiger partial charge on any atom is -0.300 e. The lowest BCUT2D eigenvalue weighted by molar-refractivity contribution is -0.121. The lowest BCUT2D eigenvalue weighted by atomic mass is 9.88. The monoisotopic (exact) mass is 124 g/mol. The van der Waals surface area contributed by atoms with Crippen LogP contribution in [-0.4, -0.2) is 5.78 Å². The molecule has 2 bridgehead atoms. The summed E-state index contributed by atoms with van der Waals surface area (Å²) in [4.78, 5) is 10.9. The summed E-state index contributed by atoms with van der Waals surface area (Å²) in [6, 6.07) is 0. The molecule has 0 saturated heterocycles. The van der Waals surface area contributed by atoms with Gasteiger partial charge >= 0.3 is 0 Å². The van der Waals surface area contributed by atoms with E-state index in [2.05, 4.69) is 0 Å². The van der Waals surface area contributed by atoms with Crippen molar-refractivity contribution in [2.75, 3.05) is 0 Å². The van der Waals surface area contributed by atoms with Gasteiger partial charge in [-0.2, -0.15) is 0 Å². The zero-order valence-corrected chi connectivity index (χ0v) is 5.60. The van der Waals surface area contributed by atoms with Gasteiger partial charge in [-0.15, -0.1) is 0 Å². The first-order valence-electron chi connectivity index (χ1n) is 3.86. The molecule has 0 spiro atoms. The van der Waals surface area contributed by atoms with E-state index in [1.165, 1.54) is 19.3 Å². The molecule has 0 radical (unpaired) electrons. The Morgan fingerprint density at radius 3 is 2.22 bits per heavy atom. The molecule has 0 aromatic carbocycles. The van der Waals surface area contributed by atoms with E-state index in [1.54, 1.807) is 0 Å². The van der Waals surface area contributed by atoms with Gasteiger partial charge in [-0.05, 0) is 31.1 Å². The van der Waals surface area contributed by atoms with Crippen molar-refractivity contribution < 1.29 is 4.79 Å². The first-order valence-corrected chi connectivity index (χ1v) is 3.86. The maximum absolute atomic E-state index is 10.9. The molecule has 0 aliphatic heterocycles. The number of ketones is 1. The molecule has 2 fully saturated rings. The SMILES string of the molecule is O=C1C[C@H]2CC[C@@H](C1)C2. The van der Waals surface area contributed by atoms with Crippen LogP contribution in [0.1, 0.15) is 32.1 Å². The van der Waals surface area contributed by atoms with Crippen molar-refractivity contribution in [2.45, 2.75) is 32.1 Å². The summed E-state index contributed by atoms with van der Waals surface area (Å²) in [5.41, 5.74) is 0. The summed E-state index contributed by atoms with van der Waals surface area (Å²) in [5, 5.41) is 0. The number of carbonyl (C=O) groups excluding carboxylic acids is 1. The Hall–Kier alpha value is -0.330. The van der Waals surface area contributed by atoms with E-state index in [1.807, 2.05) is 0 Å². The second kappa shape index (κ2) is 1.83. The fraction of sp³-hybridized carbons (Fsp3) is 0.875. The number of carbonyl (C=O) groups is 1. The maximum atomic E-state index is 10.9. The van der Waals surface area contributed by atoms with Gasteiger partial charge in [0.1, 0.15) is 5.78 Å². The van der Waals surface area contributed by atoms with Gasteiger partial charge in [-0.1, -0.05) is 0 Å². The van der Waals surface area contributed by atoms with Gasteiger partial charge in [-0.25, -0.2) is 0 Å². The van der Waals surface area contributed by atoms with Crippen LogP contribution in [0.5, 0.6) is 0 Å². The molecule has 0 unspecified atom stereocenters. The van der Waals surface area contributed by atoms with Gasteiger partial charge in [0.15, 0.2) is 0 Å². The summed E-state index contributed by atoms with van der Waals surface area (Å²) in [6.45, 7) is 0. The average molecular weight is 124 g/mol. The lowest BCUT2D eigenvalue weighted by Crippen LogP contribution is -2.14. The fourth-order valence-corrected chi connectivity index (χ4v) is 2.28. The molecule has 0 heterocycles. The van der Waals surface area contributed by atoms with Crippen molar-refractivity contribution in [2.24, 2.45) is 11.8 Å². The standard InChI is InChI=1S/C8H12O/c9-8-4-6-1-2-7(3-6)5-8/h6-7H,1-5H2/t6-,7+. The molecule has 0 aromatic heterocycles. The molecule has 0 N–H and O–H groups in total. The van der Waals surface area contributed by atoms with E-state index in [4.69, 9.17) is 0 Å². The highest BCUT2D eigenvalue weighted by atomic mass is 16.1. The second-order valence-corrected chi connectivity index (χ2v) is 3.49. The number of rotatable bonds is 0. The summed E-state index contributed by atoms with van der Waals surface area (Å²) in [5.74, 6) is 2.10. The fourth-order valence-electron chi connectivity index (χ4n) is 2.28. The van der Waals surface area contributed by atoms with Gasteiger partial charge in [0.2, 0.25) is 0 Å². The molecular weight excluding hydrogens is 112 g/mol. The molecule has 0 amide bonds. The highest BCUT2D eigenvalue weighted by Crippen LogP contribution is 2.39. The number of fused-ring (bicyclic) bond motifs is 2. The highest BCUT2D eigenvalue weighted by Gasteiger charge is 2.32. The number of Topliss-reactive ketones (excluding diaryl/α,β-unsaturated/α-hetero) is 1. The van der Waals surface area contributed by atoms with E-state index in [9.17, 15) is 4.79 Å². The third-order valence-corrected chi connectivity index (χ3v) is 2.68. The van der Waals surface area contributed by atoms with E-state index < -0.39 is 0 Å². The van der Waals surface area contributed by atoms with Gasteiger partial charge in [0.25, 0.3) is 0 Å². The Morgan fingerprint density at radius 2 is 1.67 bits per heavy atom. The Morgan fingerprint density at radius 1 is 1.11 bits per heavy atom. The van der Waals surface area contributed by atoms with Crippen molar-refractivity contribution >= 4 is 5.78 Å². The van der Waals surface area contributed by atoms with Crippen molar-refractivity contribution in [1.29, 1.82) is 0 Å². The highest BCUT2D eigenvalue weighted by molar-refractivity contribution is 5.79. The van der Waals surface area contributed by atoms with Crippen LogP contribution < -0.4 is 0 Å². The van der Waals surface area contributed by atoms with E-state index >= 15 is 0 Å². The first kappa shape index (κ1) is 5.45. The largest absolute Gasteiger partial charge is 0.300 e. The van der Waals surface area contributed by atoms with E-state index in [-0.39, 0.29) is 0 Å². The Labute approximate surface area is 55.4 Å². The normalized spacial score (nSPS) is 41.6. The number of hydrogen-bond acceptors (Lipinski definition) is 1. The molecule has 1 nitrogen and oxygen atoms in total. The zero-order valence-electron chi connectivity index (χ0n) is 5.60. The van der Waals surface area contributed by atoms with E-state index in [0.29, 0.717) is 5.78 Å². The van der Waals surface area contributed by atoms with E-state index in [0.717, 1.165) is 24.7 Å². The lowest BCUT2D eigenvalue weighted by Gasteiger charge is -2.15. The smallest absolute Gasteiger partial charge is 0.133 e. The van der Waals surface area contributed by atoms with Crippen LogP contribution in [0.4, 0.5) is 0 Å². The summed E-state index contributed by atoms with van der Waals surface area (Å²) < 4.78 is 0.